The first-order valence-electron chi connectivity index (χ1n) is 5.43. The van der Waals surface area contributed by atoms with Gasteiger partial charge >= 0.3 is 0 Å². The Morgan fingerprint density at radius 1 is 1.44 bits per heavy atom. The molecule has 98 valence electrons. The van der Waals surface area contributed by atoms with Gasteiger partial charge in [0.15, 0.2) is 0 Å². The number of carbonyl (C=O) groups is 1. The van der Waals surface area contributed by atoms with E-state index in [9.17, 15) is 13.2 Å². The van der Waals surface area contributed by atoms with E-state index < -0.39 is 15.9 Å². The summed E-state index contributed by atoms with van der Waals surface area (Å²) in [6, 6.07) is 4.53. The number of anilines is 1. The second kappa shape index (κ2) is 4.49. The van der Waals surface area contributed by atoms with Gasteiger partial charge in [-0.1, -0.05) is 0 Å². The molecule has 0 spiro atoms. The van der Waals surface area contributed by atoms with Crippen molar-refractivity contribution < 1.29 is 17.9 Å². The lowest BCUT2D eigenvalue weighted by Gasteiger charge is -2.11. The van der Waals surface area contributed by atoms with Crippen molar-refractivity contribution in [3.63, 3.8) is 0 Å². The third-order valence-corrected chi connectivity index (χ3v) is 2.97. The lowest BCUT2D eigenvalue weighted by atomic mass is 10.1. The van der Waals surface area contributed by atoms with E-state index in [1.807, 2.05) is 0 Å². The quantitative estimate of drug-likeness (QED) is 0.822. The number of sulfonamides is 1. The average Bonchev–Trinajstić information content (AvgIpc) is 2.98. The molecule has 1 amide bonds. The van der Waals surface area contributed by atoms with Crippen molar-refractivity contribution in [1.29, 1.82) is 0 Å². The number of carbonyl (C=O) groups excluding carboxylic acids is 1. The standard InChI is InChI=1S/C11H14N2O4S/c1-18(15,16)13-10-6-8(17-7-2-3-7)4-5-9(10)11(12)14/h4-7,13H,2-3H2,1H3,(H2,12,14). The summed E-state index contributed by atoms with van der Waals surface area (Å²) in [5.41, 5.74) is 5.44. The minimum Gasteiger partial charge on any atom is -0.490 e. The van der Waals surface area contributed by atoms with Crippen LogP contribution < -0.4 is 15.2 Å². The van der Waals surface area contributed by atoms with Gasteiger partial charge in [-0.3, -0.25) is 9.52 Å². The van der Waals surface area contributed by atoms with Crippen LogP contribution in [0.3, 0.4) is 0 Å². The van der Waals surface area contributed by atoms with Crippen LogP contribution in [0.1, 0.15) is 23.2 Å². The molecule has 2 rings (SSSR count). The monoisotopic (exact) mass is 270 g/mol. The Kier molecular flexibility index (Phi) is 3.16. The van der Waals surface area contributed by atoms with Crippen LogP contribution in [0, 0.1) is 0 Å². The molecule has 1 fully saturated rings. The molecule has 18 heavy (non-hydrogen) atoms. The fourth-order valence-electron chi connectivity index (χ4n) is 1.47. The van der Waals surface area contributed by atoms with Gasteiger partial charge in [0.2, 0.25) is 10.0 Å². The van der Waals surface area contributed by atoms with E-state index in [0.717, 1.165) is 19.1 Å². The Hall–Kier alpha value is -1.76. The van der Waals surface area contributed by atoms with Crippen LogP contribution in [0.2, 0.25) is 0 Å². The van der Waals surface area contributed by atoms with Crippen LogP contribution >= 0.6 is 0 Å². The molecule has 0 aromatic heterocycles. The van der Waals surface area contributed by atoms with E-state index in [0.29, 0.717) is 5.75 Å². The Balaban J connectivity index is 2.33. The smallest absolute Gasteiger partial charge is 0.250 e. The van der Waals surface area contributed by atoms with E-state index in [1.165, 1.54) is 12.1 Å². The maximum Gasteiger partial charge on any atom is 0.250 e. The highest BCUT2D eigenvalue weighted by Gasteiger charge is 2.24. The number of hydrogen-bond acceptors (Lipinski definition) is 4. The van der Waals surface area contributed by atoms with Gasteiger partial charge in [-0.15, -0.1) is 0 Å². The molecule has 1 aromatic rings. The first kappa shape index (κ1) is 12.7. The number of hydrogen-bond donors (Lipinski definition) is 2. The summed E-state index contributed by atoms with van der Waals surface area (Å²) < 4.78 is 30.2. The molecular weight excluding hydrogens is 256 g/mol. The fraction of sp³-hybridized carbons (Fsp3) is 0.364. The topological polar surface area (TPSA) is 98.5 Å². The number of rotatable bonds is 5. The molecule has 1 aromatic carbocycles. The molecule has 0 aliphatic heterocycles. The van der Waals surface area contributed by atoms with E-state index in [-0.39, 0.29) is 17.4 Å². The predicted molar refractivity (Wildman–Crippen MR) is 67.1 cm³/mol. The molecule has 1 saturated carbocycles. The van der Waals surface area contributed by atoms with E-state index in [1.54, 1.807) is 6.07 Å². The second-order valence-electron chi connectivity index (χ2n) is 4.26. The van der Waals surface area contributed by atoms with Gasteiger partial charge in [-0.25, -0.2) is 8.42 Å². The molecule has 6 nitrogen and oxygen atoms in total. The molecule has 1 aliphatic rings. The number of nitrogens with one attached hydrogen (secondary N) is 1. The molecule has 0 saturated heterocycles. The highest BCUT2D eigenvalue weighted by molar-refractivity contribution is 7.92. The lowest BCUT2D eigenvalue weighted by Crippen LogP contribution is -2.17. The van der Waals surface area contributed by atoms with Crippen LogP contribution in [0.25, 0.3) is 0 Å². The maximum atomic E-state index is 11.2. The van der Waals surface area contributed by atoms with Crippen LogP contribution in [-0.4, -0.2) is 26.7 Å². The average molecular weight is 270 g/mol. The zero-order valence-corrected chi connectivity index (χ0v) is 10.7. The SMILES string of the molecule is CS(=O)(=O)Nc1cc(OC2CC2)ccc1C(N)=O. The van der Waals surface area contributed by atoms with Gasteiger partial charge in [0, 0.05) is 6.07 Å². The molecule has 0 atom stereocenters. The number of nitrogens with two attached hydrogens (primary N) is 1. The van der Waals surface area contributed by atoms with Gasteiger partial charge in [0.05, 0.1) is 23.6 Å². The van der Waals surface area contributed by atoms with Crippen molar-refractivity contribution in [1.82, 2.24) is 0 Å². The first-order valence-corrected chi connectivity index (χ1v) is 7.32. The summed E-state index contributed by atoms with van der Waals surface area (Å²) in [7, 11) is -3.48. The Bertz CT molecular complexity index is 579. The van der Waals surface area contributed by atoms with E-state index >= 15 is 0 Å². The minimum absolute atomic E-state index is 0.114. The first-order chi connectivity index (χ1) is 8.35. The summed E-state index contributed by atoms with van der Waals surface area (Å²) in [4.78, 5) is 11.2. The summed E-state index contributed by atoms with van der Waals surface area (Å²) in [5.74, 6) is -0.173. The minimum atomic E-state index is -3.48. The molecular formula is C11H14N2O4S. The van der Waals surface area contributed by atoms with Gasteiger partial charge < -0.3 is 10.5 Å². The van der Waals surface area contributed by atoms with Crippen molar-refractivity contribution >= 4 is 21.6 Å². The maximum absolute atomic E-state index is 11.2. The summed E-state index contributed by atoms with van der Waals surface area (Å²) in [6.45, 7) is 0. The molecule has 0 unspecified atom stereocenters. The normalized spacial score (nSPS) is 15.2. The van der Waals surface area contributed by atoms with Gasteiger partial charge in [-0.05, 0) is 25.0 Å². The van der Waals surface area contributed by atoms with Crippen molar-refractivity contribution in [2.45, 2.75) is 18.9 Å². The number of benzene rings is 1. The van der Waals surface area contributed by atoms with Crippen molar-refractivity contribution in [2.24, 2.45) is 5.73 Å². The predicted octanol–water partition coefficient (Wildman–Crippen LogP) is 0.698. The van der Waals surface area contributed by atoms with Crippen LogP contribution in [0.4, 0.5) is 5.69 Å². The van der Waals surface area contributed by atoms with Gasteiger partial charge in [0.1, 0.15) is 5.75 Å². The van der Waals surface area contributed by atoms with E-state index in [2.05, 4.69) is 4.72 Å². The second-order valence-corrected chi connectivity index (χ2v) is 6.01. The molecule has 0 heterocycles. The largest absolute Gasteiger partial charge is 0.490 e. The number of amides is 1. The fourth-order valence-corrected chi connectivity index (χ4v) is 2.04. The van der Waals surface area contributed by atoms with Crippen LogP contribution in [0.5, 0.6) is 5.75 Å². The zero-order valence-electron chi connectivity index (χ0n) is 9.84. The third kappa shape index (κ3) is 3.36. The third-order valence-electron chi connectivity index (χ3n) is 2.38. The molecule has 3 N–H and O–H groups in total. The number of primary amides is 1. The Labute approximate surface area is 105 Å². The zero-order chi connectivity index (χ0) is 13.3. The van der Waals surface area contributed by atoms with Crippen LogP contribution in [-0.2, 0) is 10.0 Å². The highest BCUT2D eigenvalue weighted by atomic mass is 32.2. The van der Waals surface area contributed by atoms with Gasteiger partial charge in [-0.2, -0.15) is 0 Å². The van der Waals surface area contributed by atoms with E-state index in [4.69, 9.17) is 10.5 Å². The Morgan fingerprint density at radius 3 is 2.61 bits per heavy atom. The Morgan fingerprint density at radius 2 is 2.11 bits per heavy atom. The summed E-state index contributed by atoms with van der Waals surface area (Å²) >= 11 is 0. The molecule has 0 bridgehead atoms. The van der Waals surface area contributed by atoms with Crippen LogP contribution in [0.15, 0.2) is 18.2 Å². The van der Waals surface area contributed by atoms with Crippen molar-refractivity contribution in [3.8, 4) is 5.75 Å². The summed E-state index contributed by atoms with van der Waals surface area (Å²) in [5, 5.41) is 0. The summed E-state index contributed by atoms with van der Waals surface area (Å²) in [6.07, 6.45) is 3.18. The van der Waals surface area contributed by atoms with Crippen molar-refractivity contribution in [3.05, 3.63) is 23.8 Å². The molecule has 1 aliphatic carbocycles. The molecule has 7 heteroatoms. The number of ether oxygens (including phenoxy) is 1. The highest BCUT2D eigenvalue weighted by Crippen LogP contribution is 2.30. The van der Waals surface area contributed by atoms with Gasteiger partial charge in [0.25, 0.3) is 5.91 Å². The molecule has 0 radical (unpaired) electrons. The van der Waals surface area contributed by atoms with Crippen molar-refractivity contribution in [2.75, 3.05) is 11.0 Å². The lowest BCUT2D eigenvalue weighted by molar-refractivity contribution is 0.100.